The Labute approximate surface area is 93.7 Å². The fourth-order valence-corrected chi connectivity index (χ4v) is 2.10. The van der Waals surface area contributed by atoms with Gasteiger partial charge in [0.05, 0.1) is 5.94 Å². The molecule has 1 nitrogen and oxygen atoms in total. The Balaban J connectivity index is 2.34. The Morgan fingerprint density at radius 2 is 2.00 bits per heavy atom. The topological polar surface area (TPSA) is 3.24 Å². The van der Waals surface area contributed by atoms with Crippen molar-refractivity contribution < 1.29 is 13.2 Å². The summed E-state index contributed by atoms with van der Waals surface area (Å²) in [4.78, 5) is 1.22. The molecule has 2 rings (SSSR count). The van der Waals surface area contributed by atoms with Crippen LogP contribution < -0.4 is 4.90 Å². The van der Waals surface area contributed by atoms with E-state index in [4.69, 9.17) is 7.85 Å². The zero-order valence-corrected chi connectivity index (χ0v) is 8.83. The zero-order valence-electron chi connectivity index (χ0n) is 8.83. The van der Waals surface area contributed by atoms with Gasteiger partial charge < -0.3 is 4.90 Å². The van der Waals surface area contributed by atoms with Crippen LogP contribution in [-0.4, -0.2) is 26.5 Å². The molecular formula is C11H11BF3N. The number of alkyl halides is 3. The molecule has 1 heterocycles. The highest BCUT2D eigenvalue weighted by molar-refractivity contribution is 6.14. The molecule has 0 amide bonds. The van der Waals surface area contributed by atoms with E-state index >= 15 is 0 Å². The van der Waals surface area contributed by atoms with Gasteiger partial charge in [-0.2, -0.15) is 13.2 Å². The second kappa shape index (κ2) is 3.72. The summed E-state index contributed by atoms with van der Waals surface area (Å²) in [5, 5.41) is 0. The third kappa shape index (κ3) is 1.79. The number of halogens is 3. The van der Waals surface area contributed by atoms with Crippen LogP contribution in [0.25, 0.3) is 0 Å². The first-order valence-electron chi connectivity index (χ1n) is 5.09. The van der Waals surface area contributed by atoms with Crippen LogP contribution in [-0.2, 0) is 0 Å². The molecule has 16 heavy (non-hydrogen) atoms. The lowest BCUT2D eigenvalue weighted by molar-refractivity contribution is -0.130. The standard InChI is InChI=1S/C11H11BF3N/c1-7-6-16(10(12)11(13,14)15)9-5-3-2-4-8(7)9/h2-5,7,10H,6H2,1H3. The van der Waals surface area contributed by atoms with Crippen molar-refractivity contribution in [1.82, 2.24) is 0 Å². The van der Waals surface area contributed by atoms with Gasteiger partial charge in [0, 0.05) is 18.2 Å². The van der Waals surface area contributed by atoms with E-state index in [1.165, 1.54) is 4.90 Å². The molecule has 5 heteroatoms. The van der Waals surface area contributed by atoms with Crippen molar-refractivity contribution in [2.45, 2.75) is 25.0 Å². The molecule has 2 atom stereocenters. The molecule has 1 aliphatic heterocycles. The molecule has 2 unspecified atom stereocenters. The summed E-state index contributed by atoms with van der Waals surface area (Å²) < 4.78 is 37.7. The van der Waals surface area contributed by atoms with Gasteiger partial charge >= 0.3 is 6.18 Å². The minimum absolute atomic E-state index is 0.0876. The summed E-state index contributed by atoms with van der Waals surface area (Å²) in [7, 11) is 5.23. The largest absolute Gasteiger partial charge is 0.400 e. The number of para-hydroxylation sites is 1. The fourth-order valence-electron chi connectivity index (χ4n) is 2.10. The van der Waals surface area contributed by atoms with Crippen LogP contribution in [0.4, 0.5) is 18.9 Å². The van der Waals surface area contributed by atoms with Crippen LogP contribution in [0.3, 0.4) is 0 Å². The number of fused-ring (bicyclic) bond motifs is 1. The third-order valence-corrected chi connectivity index (χ3v) is 2.92. The molecule has 0 bridgehead atoms. The van der Waals surface area contributed by atoms with Crippen molar-refractivity contribution in [3.8, 4) is 0 Å². The minimum atomic E-state index is -4.39. The Bertz CT molecular complexity index is 391. The second-order valence-corrected chi connectivity index (χ2v) is 4.10. The molecule has 84 valence electrons. The lowest BCUT2D eigenvalue weighted by Crippen LogP contribution is -2.45. The molecular weight excluding hydrogens is 214 g/mol. The van der Waals surface area contributed by atoms with Gasteiger partial charge in [-0.1, -0.05) is 25.1 Å². The van der Waals surface area contributed by atoms with Crippen LogP contribution in [0, 0.1) is 0 Å². The predicted octanol–water partition coefficient (Wildman–Crippen LogP) is 2.67. The monoisotopic (exact) mass is 225 g/mol. The van der Waals surface area contributed by atoms with E-state index in [0.717, 1.165) is 5.56 Å². The summed E-state index contributed by atoms with van der Waals surface area (Å²) >= 11 is 0. The molecule has 2 radical (unpaired) electrons. The maximum atomic E-state index is 12.6. The van der Waals surface area contributed by atoms with Gasteiger partial charge in [0.1, 0.15) is 7.85 Å². The summed E-state index contributed by atoms with van der Waals surface area (Å²) in [6.45, 7) is 2.22. The molecule has 1 aliphatic rings. The van der Waals surface area contributed by atoms with Crippen LogP contribution in [0.2, 0.25) is 0 Å². The molecule has 0 saturated carbocycles. The van der Waals surface area contributed by atoms with Crippen LogP contribution >= 0.6 is 0 Å². The SMILES string of the molecule is [B]C(N1CC(C)c2ccccc21)C(F)(F)F. The van der Waals surface area contributed by atoms with E-state index in [1.807, 2.05) is 19.1 Å². The zero-order chi connectivity index (χ0) is 11.9. The molecule has 0 aliphatic carbocycles. The Morgan fingerprint density at radius 3 is 2.62 bits per heavy atom. The summed E-state index contributed by atoms with van der Waals surface area (Å²) in [5.74, 6) is -1.83. The van der Waals surface area contributed by atoms with E-state index in [2.05, 4.69) is 0 Å². The number of hydrogen-bond acceptors (Lipinski definition) is 1. The number of benzene rings is 1. The first-order chi connectivity index (χ1) is 7.41. The van der Waals surface area contributed by atoms with Crippen molar-refractivity contribution in [1.29, 1.82) is 0 Å². The van der Waals surface area contributed by atoms with Crippen molar-refractivity contribution in [2.75, 3.05) is 11.4 Å². The van der Waals surface area contributed by atoms with Crippen molar-refractivity contribution in [3.63, 3.8) is 0 Å². The van der Waals surface area contributed by atoms with E-state index in [-0.39, 0.29) is 5.92 Å². The molecule has 0 spiro atoms. The first kappa shape index (κ1) is 11.4. The van der Waals surface area contributed by atoms with Crippen molar-refractivity contribution in [2.24, 2.45) is 0 Å². The highest BCUT2D eigenvalue weighted by Crippen LogP contribution is 2.39. The Kier molecular flexibility index (Phi) is 2.64. The Morgan fingerprint density at radius 1 is 1.38 bits per heavy atom. The maximum absolute atomic E-state index is 12.6. The molecule has 1 aromatic rings. The van der Waals surface area contributed by atoms with Gasteiger partial charge in [0.25, 0.3) is 0 Å². The second-order valence-electron chi connectivity index (χ2n) is 4.10. The lowest BCUT2D eigenvalue weighted by atomic mass is 9.94. The molecule has 0 aromatic heterocycles. The minimum Gasteiger partial charge on any atom is -0.368 e. The Hall–Kier alpha value is -1.13. The maximum Gasteiger partial charge on any atom is 0.400 e. The summed E-state index contributed by atoms with van der Waals surface area (Å²) in [5.41, 5.74) is 1.53. The highest BCUT2D eigenvalue weighted by Gasteiger charge is 2.42. The van der Waals surface area contributed by atoms with Crippen molar-refractivity contribution in [3.05, 3.63) is 29.8 Å². The number of anilines is 1. The average molecular weight is 225 g/mol. The van der Waals surface area contributed by atoms with E-state index in [0.29, 0.717) is 12.2 Å². The number of rotatable bonds is 1. The smallest absolute Gasteiger partial charge is 0.368 e. The summed E-state index contributed by atoms with van der Waals surface area (Å²) in [6.07, 6.45) is -4.39. The predicted molar refractivity (Wildman–Crippen MR) is 57.8 cm³/mol. The lowest BCUT2D eigenvalue weighted by Gasteiger charge is -2.29. The van der Waals surface area contributed by atoms with Gasteiger partial charge in [-0.25, -0.2) is 0 Å². The molecule has 0 saturated heterocycles. The number of nitrogens with zero attached hydrogens (tertiary/aromatic N) is 1. The first-order valence-corrected chi connectivity index (χ1v) is 5.09. The molecule has 0 N–H and O–H groups in total. The fraction of sp³-hybridized carbons (Fsp3) is 0.455. The van der Waals surface area contributed by atoms with Gasteiger partial charge in [0.2, 0.25) is 0 Å². The number of hydrogen-bond donors (Lipinski definition) is 0. The quantitative estimate of drug-likeness (QED) is 0.664. The van der Waals surface area contributed by atoms with Crippen LogP contribution in [0.5, 0.6) is 0 Å². The molecule has 0 fully saturated rings. The van der Waals surface area contributed by atoms with Gasteiger partial charge in [0.15, 0.2) is 0 Å². The normalized spacial score (nSPS) is 22.0. The van der Waals surface area contributed by atoms with Crippen molar-refractivity contribution >= 4 is 13.5 Å². The van der Waals surface area contributed by atoms with Crippen LogP contribution in [0.1, 0.15) is 18.4 Å². The molecule has 1 aromatic carbocycles. The third-order valence-electron chi connectivity index (χ3n) is 2.92. The van der Waals surface area contributed by atoms with Gasteiger partial charge in [-0.05, 0) is 11.6 Å². The summed E-state index contributed by atoms with van der Waals surface area (Å²) in [6, 6.07) is 7.10. The van der Waals surface area contributed by atoms with Gasteiger partial charge in [-0.3, -0.25) is 0 Å². The van der Waals surface area contributed by atoms with E-state index < -0.39 is 12.1 Å². The van der Waals surface area contributed by atoms with E-state index in [9.17, 15) is 13.2 Å². The van der Waals surface area contributed by atoms with E-state index in [1.54, 1.807) is 12.1 Å². The van der Waals surface area contributed by atoms with Gasteiger partial charge in [-0.15, -0.1) is 0 Å². The average Bonchev–Trinajstić information content (AvgIpc) is 2.55. The highest BCUT2D eigenvalue weighted by atomic mass is 19.4. The van der Waals surface area contributed by atoms with Crippen LogP contribution in [0.15, 0.2) is 24.3 Å².